The summed E-state index contributed by atoms with van der Waals surface area (Å²) in [7, 11) is -2.48. The first-order chi connectivity index (χ1) is 18.1. The summed E-state index contributed by atoms with van der Waals surface area (Å²) in [6.07, 6.45) is -1.98. The number of esters is 1. The summed E-state index contributed by atoms with van der Waals surface area (Å²) in [6, 6.07) is 14.3. The van der Waals surface area contributed by atoms with Gasteiger partial charge in [0.15, 0.2) is 0 Å². The van der Waals surface area contributed by atoms with Gasteiger partial charge in [0, 0.05) is 19.5 Å². The zero-order valence-corrected chi connectivity index (χ0v) is 22.7. The van der Waals surface area contributed by atoms with E-state index >= 15 is 0 Å². The van der Waals surface area contributed by atoms with Crippen molar-refractivity contribution in [1.82, 2.24) is 9.62 Å². The molecular weight excluding hydrogens is 512 g/mol. The number of rotatable bonds is 13. The molecule has 208 valence electrons. The lowest BCUT2D eigenvalue weighted by Gasteiger charge is -2.31. The molecular formula is C27H36N2O8S. The highest BCUT2D eigenvalue weighted by atomic mass is 32.2. The molecule has 1 aliphatic heterocycles. The van der Waals surface area contributed by atoms with Crippen molar-refractivity contribution < 1.29 is 37.3 Å². The Morgan fingerprint density at radius 1 is 1.16 bits per heavy atom. The van der Waals surface area contributed by atoms with Gasteiger partial charge in [-0.2, -0.15) is 4.31 Å². The molecule has 11 heteroatoms. The van der Waals surface area contributed by atoms with Crippen molar-refractivity contribution in [2.24, 2.45) is 5.92 Å². The maximum absolute atomic E-state index is 13.6. The zero-order chi connectivity index (χ0) is 27.7. The Bertz CT molecular complexity index is 1160. The molecule has 0 saturated carbocycles. The summed E-state index contributed by atoms with van der Waals surface area (Å²) < 4.78 is 43.6. The van der Waals surface area contributed by atoms with E-state index in [0.717, 1.165) is 12.0 Å². The van der Waals surface area contributed by atoms with Gasteiger partial charge in [0.25, 0.3) is 0 Å². The van der Waals surface area contributed by atoms with Gasteiger partial charge >= 0.3 is 12.1 Å². The van der Waals surface area contributed by atoms with E-state index in [2.05, 4.69) is 5.32 Å². The van der Waals surface area contributed by atoms with Gasteiger partial charge < -0.3 is 24.6 Å². The molecule has 2 N–H and O–H groups in total. The maximum atomic E-state index is 13.6. The van der Waals surface area contributed by atoms with Crippen molar-refractivity contribution in [1.29, 1.82) is 0 Å². The summed E-state index contributed by atoms with van der Waals surface area (Å²) >= 11 is 0. The molecule has 1 saturated heterocycles. The molecule has 4 atom stereocenters. The number of nitrogens with one attached hydrogen (secondary N) is 1. The second kappa shape index (κ2) is 13.6. The monoisotopic (exact) mass is 548 g/mol. The van der Waals surface area contributed by atoms with E-state index in [1.165, 1.54) is 23.5 Å². The lowest BCUT2D eigenvalue weighted by Crippen LogP contribution is -2.51. The van der Waals surface area contributed by atoms with Crippen LogP contribution in [0.4, 0.5) is 4.79 Å². The minimum absolute atomic E-state index is 0.0223. The van der Waals surface area contributed by atoms with Crippen LogP contribution in [0.2, 0.25) is 0 Å². The molecule has 1 fully saturated rings. The average molecular weight is 549 g/mol. The first-order valence-corrected chi connectivity index (χ1v) is 14.1. The highest BCUT2D eigenvalue weighted by molar-refractivity contribution is 7.89. The lowest BCUT2D eigenvalue weighted by molar-refractivity contribution is -0.144. The van der Waals surface area contributed by atoms with E-state index in [-0.39, 0.29) is 43.4 Å². The van der Waals surface area contributed by atoms with E-state index in [9.17, 15) is 23.1 Å². The van der Waals surface area contributed by atoms with Crippen LogP contribution in [-0.4, -0.2) is 74.9 Å². The Kier molecular flexibility index (Phi) is 10.5. The number of amides is 1. The second-order valence-corrected chi connectivity index (χ2v) is 11.3. The summed E-state index contributed by atoms with van der Waals surface area (Å²) in [5.41, 5.74) is 0.823. The number of methoxy groups -OCH3 is 1. The van der Waals surface area contributed by atoms with Crippen molar-refractivity contribution >= 4 is 22.1 Å². The lowest BCUT2D eigenvalue weighted by atomic mass is 10.0. The molecule has 38 heavy (non-hydrogen) atoms. The fraction of sp³-hybridized carbons (Fsp3) is 0.481. The number of benzene rings is 2. The fourth-order valence-electron chi connectivity index (χ4n) is 4.03. The Morgan fingerprint density at radius 2 is 1.84 bits per heavy atom. The number of hydrogen-bond acceptors (Lipinski definition) is 8. The van der Waals surface area contributed by atoms with Crippen molar-refractivity contribution in [2.45, 2.75) is 56.3 Å². The third-order valence-corrected chi connectivity index (χ3v) is 8.35. The number of ether oxygens (including phenoxy) is 3. The van der Waals surface area contributed by atoms with Crippen LogP contribution in [-0.2, 0) is 30.7 Å². The number of aliphatic hydroxyl groups is 1. The number of carbonyl (C=O) groups excluding carboxylic acids is 2. The Morgan fingerprint density at radius 3 is 2.42 bits per heavy atom. The Labute approximate surface area is 223 Å². The molecule has 0 spiro atoms. The topological polar surface area (TPSA) is 131 Å². The van der Waals surface area contributed by atoms with Crippen molar-refractivity contribution in [3.05, 3.63) is 60.2 Å². The number of nitrogens with zero attached hydrogens (tertiary/aromatic N) is 1. The van der Waals surface area contributed by atoms with Crippen LogP contribution in [0.15, 0.2) is 59.5 Å². The highest BCUT2D eigenvalue weighted by Crippen LogP contribution is 2.22. The average Bonchev–Trinajstić information content (AvgIpc) is 3.32. The van der Waals surface area contributed by atoms with E-state index in [1.54, 1.807) is 12.1 Å². The zero-order valence-electron chi connectivity index (χ0n) is 21.9. The van der Waals surface area contributed by atoms with Crippen molar-refractivity contribution in [2.75, 3.05) is 26.8 Å². The van der Waals surface area contributed by atoms with E-state index < -0.39 is 40.3 Å². The predicted octanol–water partition coefficient (Wildman–Crippen LogP) is 2.75. The van der Waals surface area contributed by atoms with Crippen LogP contribution in [0, 0.1) is 5.92 Å². The van der Waals surface area contributed by atoms with E-state index in [0.29, 0.717) is 5.75 Å². The number of sulfonamides is 1. The van der Waals surface area contributed by atoms with Crippen LogP contribution in [0.3, 0.4) is 0 Å². The largest absolute Gasteiger partial charge is 0.497 e. The minimum Gasteiger partial charge on any atom is -0.497 e. The van der Waals surface area contributed by atoms with Gasteiger partial charge in [-0.05, 0) is 42.2 Å². The highest BCUT2D eigenvalue weighted by Gasteiger charge is 2.34. The molecule has 0 bridgehead atoms. The summed E-state index contributed by atoms with van der Waals surface area (Å²) in [5, 5.41) is 13.9. The summed E-state index contributed by atoms with van der Waals surface area (Å²) in [5.74, 6) is -0.0750. The second-order valence-electron chi connectivity index (χ2n) is 9.37. The third kappa shape index (κ3) is 7.92. The van der Waals surface area contributed by atoms with Crippen LogP contribution >= 0.6 is 0 Å². The summed E-state index contributed by atoms with van der Waals surface area (Å²) in [6.45, 7) is 3.98. The fourth-order valence-corrected chi connectivity index (χ4v) is 5.61. The first kappa shape index (κ1) is 29.4. The van der Waals surface area contributed by atoms with Gasteiger partial charge in [0.1, 0.15) is 5.75 Å². The van der Waals surface area contributed by atoms with Gasteiger partial charge in [0.2, 0.25) is 16.1 Å². The molecule has 0 unspecified atom stereocenters. The minimum atomic E-state index is -3.97. The normalized spacial score (nSPS) is 17.9. The molecule has 1 aliphatic rings. The molecule has 0 radical (unpaired) electrons. The SMILES string of the molecule is CC[C@H](C)CN(C[C@@H](O)[C@H](Cc1ccccc1)NC(=O)O[C@@H]1CCOC1=O)S(=O)(=O)c1ccc(OC)cc1. The molecule has 1 amide bonds. The molecule has 0 aromatic heterocycles. The molecule has 2 aromatic carbocycles. The maximum Gasteiger partial charge on any atom is 0.408 e. The van der Waals surface area contributed by atoms with Gasteiger partial charge in [0.05, 0.1) is 30.8 Å². The van der Waals surface area contributed by atoms with Crippen molar-refractivity contribution in [3.63, 3.8) is 0 Å². The van der Waals surface area contributed by atoms with Crippen LogP contribution < -0.4 is 10.1 Å². The number of alkyl carbamates (subject to hydrolysis) is 1. The van der Waals surface area contributed by atoms with Crippen LogP contribution in [0.1, 0.15) is 32.3 Å². The first-order valence-electron chi connectivity index (χ1n) is 12.6. The van der Waals surface area contributed by atoms with Crippen molar-refractivity contribution in [3.8, 4) is 5.75 Å². The smallest absolute Gasteiger partial charge is 0.408 e. The quantitative estimate of drug-likeness (QED) is 0.365. The predicted molar refractivity (Wildman–Crippen MR) is 140 cm³/mol. The van der Waals surface area contributed by atoms with Gasteiger partial charge in [-0.1, -0.05) is 50.6 Å². The standard InChI is InChI=1S/C27H36N2O8S/c1-4-19(2)17-29(38(33,34)22-12-10-21(35-3)11-13-22)18-24(30)23(16-20-8-6-5-7-9-20)28-27(32)37-25-14-15-36-26(25)31/h5-13,19,23-25,30H,4,14-18H2,1-3H3,(H,28,32)/t19-,23-,24+,25+/m0/s1. The Hall–Kier alpha value is -3.15. The number of hydrogen-bond donors (Lipinski definition) is 2. The molecule has 3 rings (SSSR count). The van der Waals surface area contributed by atoms with Gasteiger partial charge in [-0.3, -0.25) is 0 Å². The summed E-state index contributed by atoms with van der Waals surface area (Å²) in [4.78, 5) is 24.4. The van der Waals surface area contributed by atoms with Gasteiger partial charge in [-0.15, -0.1) is 0 Å². The van der Waals surface area contributed by atoms with E-state index in [4.69, 9.17) is 14.2 Å². The molecule has 0 aliphatic carbocycles. The number of carbonyl (C=O) groups is 2. The third-order valence-electron chi connectivity index (χ3n) is 6.50. The van der Waals surface area contributed by atoms with E-state index in [1.807, 2.05) is 44.2 Å². The number of aliphatic hydroxyl groups excluding tert-OH is 1. The Balaban J connectivity index is 1.83. The molecule has 10 nitrogen and oxygen atoms in total. The molecule has 2 aromatic rings. The van der Waals surface area contributed by atoms with Gasteiger partial charge in [-0.25, -0.2) is 18.0 Å². The van der Waals surface area contributed by atoms with Crippen LogP contribution in [0.5, 0.6) is 5.75 Å². The van der Waals surface area contributed by atoms with Crippen LogP contribution in [0.25, 0.3) is 0 Å². The number of cyclic esters (lactones) is 1. The molecule has 1 heterocycles.